The Kier molecular flexibility index (Phi) is 5.73. The highest BCUT2D eigenvalue weighted by Gasteiger charge is 2.36. The van der Waals surface area contributed by atoms with Crippen molar-refractivity contribution in [2.45, 2.75) is 19.2 Å². The second kappa shape index (κ2) is 7.81. The third kappa shape index (κ3) is 5.00. The Balaban J connectivity index is 2.17. The predicted molar refractivity (Wildman–Crippen MR) is 85.8 cm³/mol. The standard InChI is InChI=1S/C16H12F3N3O5/c1-9(27-15(24)10-4-6-20-7-5-10)14(23)21-13-3-2-11(22(25)26)8-12(13)16(17,18)19/h2-9H,1H3,(H,21,23)/t9-/m1/s1. The Labute approximate surface area is 150 Å². The maximum atomic E-state index is 13.1. The number of aromatic nitrogens is 1. The molecule has 0 aliphatic carbocycles. The summed E-state index contributed by atoms with van der Waals surface area (Å²) >= 11 is 0. The number of nitrogens with one attached hydrogen (secondary N) is 1. The molecular weight excluding hydrogens is 371 g/mol. The molecule has 0 bridgehead atoms. The maximum absolute atomic E-state index is 13.1. The minimum Gasteiger partial charge on any atom is -0.449 e. The molecule has 0 saturated heterocycles. The van der Waals surface area contributed by atoms with Gasteiger partial charge in [-0.05, 0) is 25.1 Å². The smallest absolute Gasteiger partial charge is 0.418 e. The van der Waals surface area contributed by atoms with Crippen molar-refractivity contribution in [2.75, 3.05) is 5.32 Å². The number of non-ortho nitro benzene ring substituents is 1. The molecule has 27 heavy (non-hydrogen) atoms. The number of pyridine rings is 1. The first kappa shape index (κ1) is 19.8. The lowest BCUT2D eigenvalue weighted by Gasteiger charge is -2.16. The monoisotopic (exact) mass is 383 g/mol. The van der Waals surface area contributed by atoms with Gasteiger partial charge < -0.3 is 10.1 Å². The van der Waals surface area contributed by atoms with Crippen LogP contribution in [0.25, 0.3) is 0 Å². The number of halogens is 3. The summed E-state index contributed by atoms with van der Waals surface area (Å²) in [6.07, 6.45) is -3.70. The number of alkyl halides is 3. The van der Waals surface area contributed by atoms with Gasteiger partial charge in [-0.1, -0.05) is 0 Å². The molecule has 11 heteroatoms. The fourth-order valence-corrected chi connectivity index (χ4v) is 1.99. The highest BCUT2D eigenvalue weighted by Crippen LogP contribution is 2.37. The average molecular weight is 383 g/mol. The molecule has 0 aliphatic rings. The van der Waals surface area contributed by atoms with Crippen molar-refractivity contribution in [1.82, 2.24) is 4.98 Å². The quantitative estimate of drug-likeness (QED) is 0.482. The lowest BCUT2D eigenvalue weighted by Crippen LogP contribution is -2.30. The van der Waals surface area contributed by atoms with E-state index in [9.17, 15) is 32.9 Å². The van der Waals surface area contributed by atoms with E-state index < -0.39 is 46.0 Å². The van der Waals surface area contributed by atoms with Crippen molar-refractivity contribution in [1.29, 1.82) is 0 Å². The van der Waals surface area contributed by atoms with Gasteiger partial charge in [0.1, 0.15) is 0 Å². The third-order valence-electron chi connectivity index (χ3n) is 3.35. The third-order valence-corrected chi connectivity index (χ3v) is 3.35. The van der Waals surface area contributed by atoms with Gasteiger partial charge in [0.25, 0.3) is 11.6 Å². The van der Waals surface area contributed by atoms with Crippen molar-refractivity contribution < 1.29 is 32.4 Å². The molecule has 0 saturated carbocycles. The number of nitrogens with zero attached hydrogens (tertiary/aromatic N) is 2. The predicted octanol–water partition coefficient (Wildman–Crippen LogP) is 3.19. The SMILES string of the molecule is C[C@@H](OC(=O)c1ccncc1)C(=O)Nc1ccc([N+](=O)[O-])cc1C(F)(F)F. The molecule has 2 rings (SSSR count). The molecule has 0 fully saturated rings. The average Bonchev–Trinajstić information content (AvgIpc) is 2.61. The van der Waals surface area contributed by atoms with Crippen LogP contribution in [-0.4, -0.2) is 27.9 Å². The van der Waals surface area contributed by atoms with Crippen LogP contribution in [0.3, 0.4) is 0 Å². The van der Waals surface area contributed by atoms with Crippen LogP contribution in [0.15, 0.2) is 42.7 Å². The Morgan fingerprint density at radius 2 is 1.85 bits per heavy atom. The van der Waals surface area contributed by atoms with E-state index in [0.29, 0.717) is 6.07 Å². The molecule has 1 atom stereocenters. The lowest BCUT2D eigenvalue weighted by atomic mass is 10.1. The molecule has 1 aromatic heterocycles. The number of carbonyl (C=O) groups excluding carboxylic acids is 2. The fourth-order valence-electron chi connectivity index (χ4n) is 1.99. The van der Waals surface area contributed by atoms with Crippen molar-refractivity contribution >= 4 is 23.3 Å². The maximum Gasteiger partial charge on any atom is 0.418 e. The molecule has 8 nitrogen and oxygen atoms in total. The Bertz CT molecular complexity index is 871. The minimum absolute atomic E-state index is 0.107. The van der Waals surface area contributed by atoms with Gasteiger partial charge in [0.05, 0.1) is 21.7 Å². The van der Waals surface area contributed by atoms with E-state index in [1.807, 2.05) is 5.32 Å². The zero-order chi connectivity index (χ0) is 20.2. The van der Waals surface area contributed by atoms with E-state index in [1.165, 1.54) is 31.5 Å². The van der Waals surface area contributed by atoms with Crippen LogP contribution in [-0.2, 0) is 15.7 Å². The lowest BCUT2D eigenvalue weighted by molar-refractivity contribution is -0.385. The second-order valence-corrected chi connectivity index (χ2v) is 5.26. The van der Waals surface area contributed by atoms with Gasteiger partial charge in [-0.2, -0.15) is 13.2 Å². The Morgan fingerprint density at radius 1 is 1.22 bits per heavy atom. The summed E-state index contributed by atoms with van der Waals surface area (Å²) in [6.45, 7) is 1.17. The highest BCUT2D eigenvalue weighted by molar-refractivity contribution is 5.97. The molecule has 0 radical (unpaired) electrons. The number of carbonyl (C=O) groups is 2. The molecule has 1 amide bonds. The molecule has 0 spiro atoms. The van der Waals surface area contributed by atoms with E-state index in [0.717, 1.165) is 12.1 Å². The summed E-state index contributed by atoms with van der Waals surface area (Å²) in [4.78, 5) is 37.3. The van der Waals surface area contributed by atoms with E-state index >= 15 is 0 Å². The van der Waals surface area contributed by atoms with E-state index in [-0.39, 0.29) is 5.56 Å². The number of nitro benzene ring substituents is 1. The number of ether oxygens (including phenoxy) is 1. The molecule has 142 valence electrons. The first-order valence-corrected chi connectivity index (χ1v) is 7.37. The summed E-state index contributed by atoms with van der Waals surface area (Å²) in [5, 5.41) is 12.6. The number of amides is 1. The topological polar surface area (TPSA) is 111 Å². The van der Waals surface area contributed by atoms with Crippen molar-refractivity contribution in [2.24, 2.45) is 0 Å². The first-order valence-electron chi connectivity index (χ1n) is 7.37. The zero-order valence-electron chi connectivity index (χ0n) is 13.7. The van der Waals surface area contributed by atoms with Gasteiger partial charge in [-0.25, -0.2) is 4.79 Å². The van der Waals surface area contributed by atoms with Crippen LogP contribution in [0.1, 0.15) is 22.8 Å². The van der Waals surface area contributed by atoms with Gasteiger partial charge in [0, 0.05) is 24.5 Å². The number of esters is 1. The largest absolute Gasteiger partial charge is 0.449 e. The second-order valence-electron chi connectivity index (χ2n) is 5.26. The zero-order valence-corrected chi connectivity index (χ0v) is 13.7. The van der Waals surface area contributed by atoms with Gasteiger partial charge in [-0.15, -0.1) is 0 Å². The van der Waals surface area contributed by atoms with Crippen LogP contribution in [0, 0.1) is 10.1 Å². The van der Waals surface area contributed by atoms with Gasteiger partial charge in [-0.3, -0.25) is 19.9 Å². The van der Waals surface area contributed by atoms with Gasteiger partial charge in [0.15, 0.2) is 6.10 Å². The van der Waals surface area contributed by atoms with Crippen LogP contribution in [0.2, 0.25) is 0 Å². The number of rotatable bonds is 5. The highest BCUT2D eigenvalue weighted by atomic mass is 19.4. The van der Waals surface area contributed by atoms with Gasteiger partial charge in [0.2, 0.25) is 0 Å². The van der Waals surface area contributed by atoms with Crippen LogP contribution in [0.5, 0.6) is 0 Å². The van der Waals surface area contributed by atoms with Crippen LogP contribution in [0.4, 0.5) is 24.5 Å². The summed E-state index contributed by atoms with van der Waals surface area (Å²) in [5.74, 6) is -1.89. The Hall–Kier alpha value is -3.50. The molecular formula is C16H12F3N3O5. The number of benzene rings is 1. The molecule has 2 aromatic rings. The number of anilines is 1. The van der Waals surface area contributed by atoms with E-state index in [2.05, 4.69) is 4.98 Å². The summed E-state index contributed by atoms with van der Waals surface area (Å²) in [6, 6.07) is 4.56. The summed E-state index contributed by atoms with van der Waals surface area (Å²) in [5.41, 5.74) is -2.75. The molecule has 1 N–H and O–H groups in total. The van der Waals surface area contributed by atoms with Crippen molar-refractivity contribution in [3.63, 3.8) is 0 Å². The summed E-state index contributed by atoms with van der Waals surface area (Å²) in [7, 11) is 0. The van der Waals surface area contributed by atoms with E-state index in [1.54, 1.807) is 0 Å². The summed E-state index contributed by atoms with van der Waals surface area (Å²) < 4.78 is 44.2. The number of hydrogen-bond donors (Lipinski definition) is 1. The van der Waals surface area contributed by atoms with Gasteiger partial charge >= 0.3 is 12.1 Å². The molecule has 1 heterocycles. The fraction of sp³-hybridized carbons (Fsp3) is 0.188. The first-order chi connectivity index (χ1) is 12.6. The van der Waals surface area contributed by atoms with Crippen molar-refractivity contribution in [3.05, 3.63) is 64.0 Å². The molecule has 0 aliphatic heterocycles. The van der Waals surface area contributed by atoms with Crippen molar-refractivity contribution in [3.8, 4) is 0 Å². The van der Waals surface area contributed by atoms with E-state index in [4.69, 9.17) is 4.74 Å². The Morgan fingerprint density at radius 3 is 2.41 bits per heavy atom. The number of hydrogen-bond acceptors (Lipinski definition) is 6. The number of nitro groups is 1. The van der Waals surface area contributed by atoms with Crippen LogP contribution < -0.4 is 5.32 Å². The molecule has 0 unspecified atom stereocenters. The normalized spacial score (nSPS) is 12.1. The molecule has 1 aromatic carbocycles. The minimum atomic E-state index is -4.94. The van der Waals surface area contributed by atoms with Crippen LogP contribution >= 0.6 is 0 Å².